The highest BCUT2D eigenvalue weighted by Gasteiger charge is 2.39. The summed E-state index contributed by atoms with van der Waals surface area (Å²) in [4.78, 5) is 73.0. The highest BCUT2D eigenvalue weighted by atomic mass is 16.6. The molecule has 0 spiro atoms. The normalized spacial score (nSPS) is 17.9. The van der Waals surface area contributed by atoms with Gasteiger partial charge >= 0.3 is 12.2 Å². The van der Waals surface area contributed by atoms with Gasteiger partial charge in [-0.15, -0.1) is 0 Å². The largest absolute Gasteiger partial charge is 0.447 e. The molecular formula is C46H58N8O6. The number of H-pyrrole nitrogens is 2. The first-order valence-electron chi connectivity index (χ1n) is 21.3. The summed E-state index contributed by atoms with van der Waals surface area (Å²) in [5.41, 5.74) is 7.59. The van der Waals surface area contributed by atoms with Crippen molar-refractivity contribution in [2.24, 2.45) is 11.8 Å². The molecule has 5 aromatic rings. The Bertz CT molecular complexity index is 2180. The van der Waals surface area contributed by atoms with E-state index in [0.29, 0.717) is 13.1 Å². The fraction of sp³-hybridized carbons (Fsp3) is 0.478. The van der Waals surface area contributed by atoms with Gasteiger partial charge in [-0.1, -0.05) is 64.1 Å². The van der Waals surface area contributed by atoms with Crippen molar-refractivity contribution in [2.45, 2.75) is 117 Å². The minimum absolute atomic E-state index is 0.118. The van der Waals surface area contributed by atoms with Crippen LogP contribution in [-0.2, 0) is 19.1 Å². The van der Waals surface area contributed by atoms with Gasteiger partial charge in [0, 0.05) is 13.1 Å². The van der Waals surface area contributed by atoms with Crippen LogP contribution in [0.5, 0.6) is 0 Å². The second-order valence-corrected chi connectivity index (χ2v) is 17.3. The van der Waals surface area contributed by atoms with E-state index < -0.39 is 24.3 Å². The number of carbonyl (C=O) groups excluding carboxylic acids is 4. The number of imidazole rings is 2. The summed E-state index contributed by atoms with van der Waals surface area (Å²) in [6, 6.07) is 18.9. The van der Waals surface area contributed by atoms with Crippen LogP contribution in [-0.4, -0.2) is 91.1 Å². The van der Waals surface area contributed by atoms with Crippen LogP contribution in [0.2, 0.25) is 0 Å². The number of alkyl carbamates (subject to hydrolysis) is 2. The molecule has 4 atom stereocenters. The number of carbonyl (C=O) groups is 4. The van der Waals surface area contributed by atoms with E-state index >= 15 is 0 Å². The third-order valence-corrected chi connectivity index (χ3v) is 11.4. The Labute approximate surface area is 351 Å². The molecule has 2 aliphatic heterocycles. The summed E-state index contributed by atoms with van der Waals surface area (Å²) in [6.45, 7) is 16.0. The van der Waals surface area contributed by atoms with Crippen molar-refractivity contribution in [2.75, 3.05) is 13.1 Å². The molecule has 318 valence electrons. The number of benzene rings is 3. The topological polar surface area (TPSA) is 175 Å². The van der Waals surface area contributed by atoms with Crippen LogP contribution in [0.4, 0.5) is 9.59 Å². The Morgan fingerprint density at radius 3 is 1.30 bits per heavy atom. The van der Waals surface area contributed by atoms with Gasteiger partial charge in [0.15, 0.2) is 0 Å². The predicted molar refractivity (Wildman–Crippen MR) is 231 cm³/mol. The first-order valence-corrected chi connectivity index (χ1v) is 21.3. The van der Waals surface area contributed by atoms with Crippen molar-refractivity contribution in [3.05, 3.63) is 72.3 Å². The van der Waals surface area contributed by atoms with E-state index in [4.69, 9.17) is 19.4 Å². The lowest BCUT2D eigenvalue weighted by atomic mass is 10.00. The third kappa shape index (κ3) is 9.12. The molecule has 0 bridgehead atoms. The minimum atomic E-state index is -0.703. The Balaban J connectivity index is 1.05. The Kier molecular flexibility index (Phi) is 12.5. The molecule has 4 N–H and O–H groups in total. The number of likely N-dealkylation sites (tertiary alicyclic amines) is 2. The average molecular weight is 819 g/mol. The SMILES string of the molecule is CC(C)OC(=O)N[C@@H](C(=O)N1CCC[C@H]1c1nc2ccc(-c3ccc(-c4ccc5nc([C@@H]6CCCN6C(=O)[C@H](NC(=O)OC(C)C)C(C)C)[nH]c5c4)cc3)cc2[nH]1)C(C)C. The number of nitrogens with one attached hydrogen (secondary N) is 4. The van der Waals surface area contributed by atoms with Gasteiger partial charge in [-0.05, 0) is 112 Å². The van der Waals surface area contributed by atoms with Crippen LogP contribution in [0.25, 0.3) is 44.3 Å². The maximum absolute atomic E-state index is 13.8. The summed E-state index contributed by atoms with van der Waals surface area (Å²) < 4.78 is 10.5. The number of aromatic nitrogens is 4. The zero-order valence-corrected chi connectivity index (χ0v) is 35.9. The van der Waals surface area contributed by atoms with E-state index in [1.165, 1.54) is 0 Å². The van der Waals surface area contributed by atoms with Crippen molar-refractivity contribution in [1.82, 2.24) is 40.4 Å². The second kappa shape index (κ2) is 17.7. The molecule has 0 aliphatic carbocycles. The molecule has 0 radical (unpaired) electrons. The predicted octanol–water partition coefficient (Wildman–Crippen LogP) is 8.42. The van der Waals surface area contributed by atoms with Crippen LogP contribution in [0, 0.1) is 11.8 Å². The van der Waals surface area contributed by atoms with E-state index in [0.717, 1.165) is 81.7 Å². The van der Waals surface area contributed by atoms with Gasteiger partial charge in [0.1, 0.15) is 23.7 Å². The van der Waals surface area contributed by atoms with Gasteiger partial charge in [0.05, 0.1) is 46.4 Å². The van der Waals surface area contributed by atoms with E-state index in [9.17, 15) is 19.2 Å². The fourth-order valence-electron chi connectivity index (χ4n) is 8.35. The summed E-state index contributed by atoms with van der Waals surface area (Å²) >= 11 is 0. The molecule has 3 aromatic carbocycles. The van der Waals surface area contributed by atoms with Gasteiger partial charge in [-0.2, -0.15) is 0 Å². The van der Waals surface area contributed by atoms with Crippen molar-refractivity contribution in [3.8, 4) is 22.3 Å². The first-order chi connectivity index (χ1) is 28.7. The van der Waals surface area contributed by atoms with Crippen LogP contribution >= 0.6 is 0 Å². The molecule has 60 heavy (non-hydrogen) atoms. The quantitative estimate of drug-likeness (QED) is 0.0971. The Hall–Kier alpha value is -5.92. The first kappa shape index (κ1) is 42.2. The number of ether oxygens (including phenoxy) is 2. The number of nitrogens with zero attached hydrogens (tertiary/aromatic N) is 4. The van der Waals surface area contributed by atoms with Crippen molar-refractivity contribution in [1.29, 1.82) is 0 Å². The molecule has 2 aromatic heterocycles. The summed E-state index contributed by atoms with van der Waals surface area (Å²) in [6.07, 6.45) is 1.49. The molecule has 0 saturated carbocycles. The zero-order chi connectivity index (χ0) is 42.8. The second-order valence-electron chi connectivity index (χ2n) is 17.3. The summed E-state index contributed by atoms with van der Waals surface area (Å²) in [7, 11) is 0. The highest BCUT2D eigenvalue weighted by molar-refractivity contribution is 5.88. The number of amides is 4. The lowest BCUT2D eigenvalue weighted by molar-refractivity contribution is -0.136. The highest BCUT2D eigenvalue weighted by Crippen LogP contribution is 2.36. The molecule has 2 fully saturated rings. The molecule has 4 heterocycles. The van der Waals surface area contributed by atoms with Crippen LogP contribution < -0.4 is 10.6 Å². The van der Waals surface area contributed by atoms with Gasteiger partial charge in [0.25, 0.3) is 0 Å². The fourth-order valence-corrected chi connectivity index (χ4v) is 8.35. The Morgan fingerprint density at radius 1 is 0.583 bits per heavy atom. The van der Waals surface area contributed by atoms with Crippen LogP contribution in [0.1, 0.15) is 105 Å². The van der Waals surface area contributed by atoms with Gasteiger partial charge in [-0.25, -0.2) is 19.6 Å². The molecular weight excluding hydrogens is 761 g/mol. The van der Waals surface area contributed by atoms with Crippen LogP contribution in [0.3, 0.4) is 0 Å². The van der Waals surface area contributed by atoms with E-state index in [-0.39, 0.29) is 47.9 Å². The maximum atomic E-state index is 13.8. The number of fused-ring (bicyclic) bond motifs is 2. The number of aromatic amines is 2. The lowest BCUT2D eigenvalue weighted by Crippen LogP contribution is -2.51. The standard InChI is InChI=1S/C46H58N8O6/c1-25(2)39(51-45(57)59-27(5)6)43(55)53-21-9-11-37(53)41-47-33-19-17-31(23-35(33)49-41)29-13-15-30(16-14-29)32-18-20-34-36(24-32)50-42(48-34)38-12-10-22-54(38)44(56)40(26(3)4)52-46(58)60-28(7)8/h13-20,23-28,37-40H,9-12,21-22H2,1-8H3,(H,47,49)(H,48,50)(H,51,57)(H,52,58)/t37-,38-,39+,40+/m0/s1. The van der Waals surface area contributed by atoms with Crippen LogP contribution in [0.15, 0.2) is 60.7 Å². The van der Waals surface area contributed by atoms with E-state index in [1.807, 2.05) is 49.6 Å². The average Bonchev–Trinajstić information content (AvgIpc) is 4.03. The molecule has 2 aliphatic rings. The molecule has 14 heteroatoms. The molecule has 7 rings (SSSR count). The van der Waals surface area contributed by atoms with Crippen molar-refractivity contribution >= 4 is 46.1 Å². The maximum Gasteiger partial charge on any atom is 0.408 e. The van der Waals surface area contributed by atoms with Gasteiger partial charge < -0.3 is 39.9 Å². The summed E-state index contributed by atoms with van der Waals surface area (Å²) in [5.74, 6) is 0.970. The zero-order valence-electron chi connectivity index (χ0n) is 35.9. The Morgan fingerprint density at radius 2 is 0.950 bits per heavy atom. The van der Waals surface area contributed by atoms with Crippen molar-refractivity contribution in [3.63, 3.8) is 0 Å². The minimum Gasteiger partial charge on any atom is -0.447 e. The monoisotopic (exact) mass is 818 g/mol. The number of hydrogen-bond donors (Lipinski definition) is 4. The van der Waals surface area contributed by atoms with Crippen molar-refractivity contribution < 1.29 is 28.7 Å². The third-order valence-electron chi connectivity index (χ3n) is 11.4. The summed E-state index contributed by atoms with van der Waals surface area (Å²) in [5, 5.41) is 5.58. The van der Waals surface area contributed by atoms with Gasteiger partial charge in [-0.3, -0.25) is 9.59 Å². The molecule has 2 saturated heterocycles. The smallest absolute Gasteiger partial charge is 0.408 e. The van der Waals surface area contributed by atoms with E-state index in [2.05, 4.69) is 69.1 Å². The molecule has 4 amide bonds. The number of hydrogen-bond acceptors (Lipinski definition) is 8. The molecule has 0 unspecified atom stereocenters. The molecule has 14 nitrogen and oxygen atoms in total. The van der Waals surface area contributed by atoms with Gasteiger partial charge in [0.2, 0.25) is 11.8 Å². The lowest BCUT2D eigenvalue weighted by Gasteiger charge is -2.30. The van der Waals surface area contributed by atoms with E-state index in [1.54, 1.807) is 27.7 Å². The number of rotatable bonds is 12.